The van der Waals surface area contributed by atoms with Crippen LogP contribution in [-0.2, 0) is 6.18 Å². The summed E-state index contributed by atoms with van der Waals surface area (Å²) in [6, 6.07) is 13.2. The Balaban J connectivity index is 1.57. The third kappa shape index (κ3) is 4.67. The molecule has 142 valence electrons. The first-order chi connectivity index (χ1) is 12.8. The summed E-state index contributed by atoms with van der Waals surface area (Å²) in [5.74, 6) is -0.591. The van der Waals surface area contributed by atoms with Crippen LogP contribution in [0.3, 0.4) is 0 Å². The van der Waals surface area contributed by atoms with Crippen molar-refractivity contribution in [3.05, 3.63) is 71.3 Å². The van der Waals surface area contributed by atoms with Crippen LogP contribution in [0, 0.1) is 0 Å². The van der Waals surface area contributed by atoms with Crippen molar-refractivity contribution in [2.24, 2.45) is 0 Å². The Bertz CT molecular complexity index is 813. The molecule has 1 saturated heterocycles. The van der Waals surface area contributed by atoms with Crippen LogP contribution in [0.25, 0.3) is 0 Å². The number of rotatable bonds is 3. The van der Waals surface area contributed by atoms with Crippen LogP contribution in [0.4, 0.5) is 13.2 Å². The number of halogens is 3. The molecule has 2 aromatic carbocycles. The number of nitrogens with one attached hydrogen (secondary N) is 1. The maximum absolute atomic E-state index is 12.8. The zero-order valence-electron chi connectivity index (χ0n) is 14.5. The van der Waals surface area contributed by atoms with E-state index in [4.69, 9.17) is 0 Å². The number of hydrogen-bond acceptors (Lipinski definition) is 2. The lowest BCUT2D eigenvalue weighted by Gasteiger charge is -2.32. The van der Waals surface area contributed by atoms with E-state index in [-0.39, 0.29) is 17.5 Å². The van der Waals surface area contributed by atoms with Crippen molar-refractivity contribution in [2.75, 3.05) is 13.1 Å². The molecule has 1 aliphatic rings. The third-order valence-corrected chi connectivity index (χ3v) is 4.59. The summed E-state index contributed by atoms with van der Waals surface area (Å²) in [6.07, 6.45) is -3.36. The van der Waals surface area contributed by atoms with Crippen molar-refractivity contribution < 1.29 is 22.8 Å². The molecule has 0 atom stereocenters. The van der Waals surface area contributed by atoms with E-state index >= 15 is 0 Å². The van der Waals surface area contributed by atoms with Crippen molar-refractivity contribution >= 4 is 11.8 Å². The quantitative estimate of drug-likeness (QED) is 0.887. The van der Waals surface area contributed by atoms with Crippen LogP contribution in [0.2, 0.25) is 0 Å². The van der Waals surface area contributed by atoms with Gasteiger partial charge in [0, 0.05) is 30.3 Å². The summed E-state index contributed by atoms with van der Waals surface area (Å²) in [6.45, 7) is 0.767. The van der Waals surface area contributed by atoms with E-state index in [9.17, 15) is 22.8 Å². The van der Waals surface area contributed by atoms with E-state index in [1.165, 1.54) is 17.0 Å². The highest BCUT2D eigenvalue weighted by molar-refractivity contribution is 5.95. The monoisotopic (exact) mass is 376 g/mol. The molecule has 0 radical (unpaired) electrons. The average molecular weight is 376 g/mol. The number of likely N-dealkylation sites (tertiary alicyclic amines) is 1. The highest BCUT2D eigenvalue weighted by atomic mass is 19.4. The summed E-state index contributed by atoms with van der Waals surface area (Å²) in [7, 11) is 0. The van der Waals surface area contributed by atoms with Crippen LogP contribution >= 0.6 is 0 Å². The molecule has 4 nitrogen and oxygen atoms in total. The molecule has 7 heteroatoms. The molecule has 1 aliphatic heterocycles. The number of piperidine rings is 1. The second-order valence-corrected chi connectivity index (χ2v) is 6.48. The fraction of sp³-hybridized carbons (Fsp3) is 0.300. The summed E-state index contributed by atoms with van der Waals surface area (Å²) in [4.78, 5) is 26.2. The number of nitrogens with zero attached hydrogens (tertiary/aromatic N) is 1. The zero-order chi connectivity index (χ0) is 19.4. The molecule has 0 saturated carbocycles. The van der Waals surface area contributed by atoms with Crippen LogP contribution < -0.4 is 5.32 Å². The standard InChI is InChI=1S/C20H19F3N2O2/c21-20(22,23)16-8-4-7-15(13-16)19(27)25-11-9-17(10-12-25)24-18(26)14-5-2-1-3-6-14/h1-8,13,17H,9-12H2,(H,24,26). The fourth-order valence-electron chi connectivity index (χ4n) is 3.10. The molecule has 1 N–H and O–H groups in total. The third-order valence-electron chi connectivity index (χ3n) is 4.59. The average Bonchev–Trinajstić information content (AvgIpc) is 2.68. The van der Waals surface area contributed by atoms with E-state index in [1.807, 2.05) is 6.07 Å². The van der Waals surface area contributed by atoms with Gasteiger partial charge in [-0.3, -0.25) is 9.59 Å². The SMILES string of the molecule is O=C(NC1CCN(C(=O)c2cccc(C(F)(F)F)c2)CC1)c1ccccc1. The van der Waals surface area contributed by atoms with Gasteiger partial charge in [0.25, 0.3) is 11.8 Å². The number of amides is 2. The molecule has 0 aliphatic carbocycles. The summed E-state index contributed by atoms with van der Waals surface area (Å²) in [5.41, 5.74) is -0.241. The van der Waals surface area contributed by atoms with E-state index in [0.29, 0.717) is 31.5 Å². The highest BCUT2D eigenvalue weighted by Crippen LogP contribution is 2.30. The number of carbonyl (C=O) groups is 2. The van der Waals surface area contributed by atoms with Crippen molar-refractivity contribution in [1.82, 2.24) is 10.2 Å². The molecule has 0 spiro atoms. The lowest BCUT2D eigenvalue weighted by molar-refractivity contribution is -0.137. The molecule has 0 unspecified atom stereocenters. The van der Waals surface area contributed by atoms with E-state index in [2.05, 4.69) is 5.32 Å². The maximum Gasteiger partial charge on any atom is 0.416 e. The van der Waals surface area contributed by atoms with Gasteiger partial charge in [0.15, 0.2) is 0 Å². The predicted octanol–water partition coefficient (Wildman–Crippen LogP) is 3.74. The second kappa shape index (κ2) is 7.82. The Labute approximate surface area is 155 Å². The lowest BCUT2D eigenvalue weighted by Crippen LogP contribution is -2.46. The molecule has 27 heavy (non-hydrogen) atoms. The van der Waals surface area contributed by atoms with Crippen molar-refractivity contribution in [3.8, 4) is 0 Å². The summed E-state index contributed by atoms with van der Waals surface area (Å²) >= 11 is 0. The summed E-state index contributed by atoms with van der Waals surface area (Å²) < 4.78 is 38.5. The van der Waals surface area contributed by atoms with Gasteiger partial charge in [-0.15, -0.1) is 0 Å². The Kier molecular flexibility index (Phi) is 5.48. The molecule has 1 fully saturated rings. The van der Waals surface area contributed by atoms with Gasteiger partial charge in [0.1, 0.15) is 0 Å². The minimum absolute atomic E-state index is 0.0246. The molecule has 0 bridgehead atoms. The van der Waals surface area contributed by atoms with Crippen molar-refractivity contribution in [3.63, 3.8) is 0 Å². The Morgan fingerprint density at radius 2 is 1.56 bits per heavy atom. The first-order valence-corrected chi connectivity index (χ1v) is 8.67. The minimum Gasteiger partial charge on any atom is -0.349 e. The Morgan fingerprint density at radius 3 is 2.19 bits per heavy atom. The van der Waals surface area contributed by atoms with Crippen molar-refractivity contribution in [1.29, 1.82) is 0 Å². The second-order valence-electron chi connectivity index (χ2n) is 6.48. The maximum atomic E-state index is 12.8. The molecular weight excluding hydrogens is 357 g/mol. The Morgan fingerprint density at radius 1 is 0.926 bits per heavy atom. The smallest absolute Gasteiger partial charge is 0.349 e. The molecule has 1 heterocycles. The van der Waals surface area contributed by atoms with Gasteiger partial charge >= 0.3 is 6.18 Å². The largest absolute Gasteiger partial charge is 0.416 e. The van der Waals surface area contributed by atoms with E-state index in [1.54, 1.807) is 24.3 Å². The molecule has 3 rings (SSSR count). The van der Waals surface area contributed by atoms with Crippen LogP contribution in [0.15, 0.2) is 54.6 Å². The van der Waals surface area contributed by atoms with Crippen LogP contribution in [0.1, 0.15) is 39.1 Å². The molecule has 0 aromatic heterocycles. The van der Waals surface area contributed by atoms with Gasteiger partial charge in [-0.2, -0.15) is 13.2 Å². The zero-order valence-corrected chi connectivity index (χ0v) is 14.5. The number of benzene rings is 2. The van der Waals surface area contributed by atoms with Crippen molar-refractivity contribution in [2.45, 2.75) is 25.1 Å². The van der Waals surface area contributed by atoms with Gasteiger partial charge < -0.3 is 10.2 Å². The topological polar surface area (TPSA) is 49.4 Å². The number of alkyl halides is 3. The molecule has 2 aromatic rings. The van der Waals surface area contributed by atoms with E-state index < -0.39 is 17.6 Å². The highest BCUT2D eigenvalue weighted by Gasteiger charge is 2.32. The molecule has 2 amide bonds. The molecular formula is C20H19F3N2O2. The minimum atomic E-state index is -4.48. The van der Waals surface area contributed by atoms with E-state index in [0.717, 1.165) is 12.1 Å². The van der Waals surface area contributed by atoms with Gasteiger partial charge in [0.05, 0.1) is 5.56 Å². The number of carbonyl (C=O) groups excluding carboxylic acids is 2. The summed E-state index contributed by atoms with van der Waals surface area (Å²) in [5, 5.41) is 2.94. The van der Waals surface area contributed by atoms with Gasteiger partial charge in [0.2, 0.25) is 0 Å². The van der Waals surface area contributed by atoms with Gasteiger partial charge in [-0.05, 0) is 43.2 Å². The first-order valence-electron chi connectivity index (χ1n) is 8.67. The van der Waals surface area contributed by atoms with Crippen LogP contribution in [0.5, 0.6) is 0 Å². The van der Waals surface area contributed by atoms with Crippen LogP contribution in [-0.4, -0.2) is 35.8 Å². The first kappa shape index (κ1) is 18.9. The number of hydrogen-bond donors (Lipinski definition) is 1. The lowest BCUT2D eigenvalue weighted by atomic mass is 10.0. The predicted molar refractivity (Wildman–Crippen MR) is 94.3 cm³/mol. The van der Waals surface area contributed by atoms with Gasteiger partial charge in [-0.1, -0.05) is 24.3 Å². The Hall–Kier alpha value is -2.83. The van der Waals surface area contributed by atoms with Gasteiger partial charge in [-0.25, -0.2) is 0 Å². The normalized spacial score (nSPS) is 15.4. The fourth-order valence-corrected chi connectivity index (χ4v) is 3.10.